The third-order valence-corrected chi connectivity index (χ3v) is 2.31. The van der Waals surface area contributed by atoms with Crippen molar-refractivity contribution in [1.29, 1.82) is 0 Å². The number of rotatable bonds is 6. The van der Waals surface area contributed by atoms with Crippen molar-refractivity contribution in [2.45, 2.75) is 12.8 Å². The number of hydrogen-bond donors (Lipinski definition) is 1. The standard InChI is InChI=1S/C6H15NO2Si2/c8-5(10)1-3-7-4-2-6(9)11/h7H,1-4H2,10-11H3. The van der Waals surface area contributed by atoms with E-state index in [1.807, 2.05) is 0 Å². The van der Waals surface area contributed by atoms with E-state index in [1.54, 1.807) is 0 Å². The van der Waals surface area contributed by atoms with Crippen LogP contribution < -0.4 is 5.32 Å². The number of hydrogen-bond acceptors (Lipinski definition) is 3. The van der Waals surface area contributed by atoms with Crippen LogP contribution in [0, 0.1) is 0 Å². The molecule has 0 aliphatic rings. The van der Waals surface area contributed by atoms with Crippen molar-refractivity contribution in [3.05, 3.63) is 0 Å². The van der Waals surface area contributed by atoms with Gasteiger partial charge in [-0.2, -0.15) is 0 Å². The summed E-state index contributed by atoms with van der Waals surface area (Å²) in [5.41, 5.74) is 0. The van der Waals surface area contributed by atoms with E-state index in [-0.39, 0.29) is 0 Å². The Morgan fingerprint density at radius 1 is 1.00 bits per heavy atom. The summed E-state index contributed by atoms with van der Waals surface area (Å²) in [5, 5.41) is 3.71. The highest BCUT2D eigenvalue weighted by atomic mass is 28.1. The second kappa shape index (κ2) is 6.44. The molecule has 0 radical (unpaired) electrons. The van der Waals surface area contributed by atoms with Crippen molar-refractivity contribution < 1.29 is 9.59 Å². The smallest absolute Gasteiger partial charge is 0.102 e. The molecule has 0 spiro atoms. The van der Waals surface area contributed by atoms with E-state index in [9.17, 15) is 9.59 Å². The maximum atomic E-state index is 10.5. The molecule has 0 aromatic carbocycles. The minimum Gasteiger partial charge on any atom is -0.316 e. The van der Waals surface area contributed by atoms with Gasteiger partial charge in [0.15, 0.2) is 0 Å². The third-order valence-electron chi connectivity index (χ3n) is 1.31. The molecule has 64 valence electrons. The lowest BCUT2D eigenvalue weighted by atomic mass is 10.4. The Morgan fingerprint density at radius 2 is 1.36 bits per heavy atom. The Labute approximate surface area is 72.8 Å². The topological polar surface area (TPSA) is 46.2 Å². The van der Waals surface area contributed by atoms with Gasteiger partial charge in [0.05, 0.1) is 20.5 Å². The van der Waals surface area contributed by atoms with Gasteiger partial charge in [0.1, 0.15) is 10.8 Å². The van der Waals surface area contributed by atoms with Crippen LogP contribution >= 0.6 is 0 Å². The first-order valence-corrected chi connectivity index (χ1v) is 5.82. The van der Waals surface area contributed by atoms with Crippen molar-refractivity contribution in [1.82, 2.24) is 5.32 Å². The summed E-state index contributed by atoms with van der Waals surface area (Å²) in [6.07, 6.45) is 1.25. The van der Waals surface area contributed by atoms with Crippen molar-refractivity contribution in [2.24, 2.45) is 0 Å². The molecule has 0 fully saturated rings. The fourth-order valence-corrected chi connectivity index (χ4v) is 1.15. The molecule has 0 aromatic rings. The summed E-state index contributed by atoms with van der Waals surface area (Å²) in [6.45, 7) is 1.47. The molecular weight excluding hydrogens is 174 g/mol. The highest BCUT2D eigenvalue weighted by Gasteiger charge is 1.93. The van der Waals surface area contributed by atoms with Gasteiger partial charge in [-0.15, -0.1) is 0 Å². The van der Waals surface area contributed by atoms with Crippen LogP contribution in [0.4, 0.5) is 0 Å². The minimum atomic E-state index is 0.328. The van der Waals surface area contributed by atoms with E-state index in [2.05, 4.69) is 5.32 Å². The number of carbonyl (C=O) groups excluding carboxylic acids is 2. The first-order valence-electron chi connectivity index (χ1n) is 3.82. The first-order chi connectivity index (χ1) is 5.13. The fraction of sp³-hybridized carbons (Fsp3) is 0.667. The van der Waals surface area contributed by atoms with Crippen LogP contribution in [0.5, 0.6) is 0 Å². The summed E-state index contributed by atoms with van der Waals surface area (Å²) in [5.74, 6) is 0. The number of nitrogens with one attached hydrogen (secondary N) is 1. The quantitative estimate of drug-likeness (QED) is 0.361. The van der Waals surface area contributed by atoms with Gasteiger partial charge in [-0.25, -0.2) is 0 Å². The molecule has 0 aliphatic heterocycles. The first kappa shape index (κ1) is 10.7. The number of carbonyl (C=O) groups is 2. The molecule has 0 atom stereocenters. The molecule has 0 rings (SSSR count). The van der Waals surface area contributed by atoms with Crippen LogP contribution in [0.15, 0.2) is 0 Å². The van der Waals surface area contributed by atoms with Gasteiger partial charge < -0.3 is 14.9 Å². The molecule has 0 heterocycles. The van der Waals surface area contributed by atoms with Crippen molar-refractivity contribution in [2.75, 3.05) is 13.1 Å². The summed E-state index contributed by atoms with van der Waals surface area (Å²) in [7, 11) is 1.29. The van der Waals surface area contributed by atoms with Gasteiger partial charge in [0.25, 0.3) is 0 Å². The molecule has 3 nitrogen and oxygen atoms in total. The SMILES string of the molecule is O=C([SiH3])CCNCCC(=O)[SiH3]. The minimum absolute atomic E-state index is 0.328. The average Bonchev–Trinajstić information content (AvgIpc) is 1.85. The Morgan fingerprint density at radius 3 is 1.64 bits per heavy atom. The van der Waals surface area contributed by atoms with Crippen LogP contribution in [0.25, 0.3) is 0 Å². The van der Waals surface area contributed by atoms with Crippen LogP contribution in [0.3, 0.4) is 0 Å². The Balaban J connectivity index is 3.03. The van der Waals surface area contributed by atoms with Crippen molar-refractivity contribution in [3.8, 4) is 0 Å². The lowest BCUT2D eigenvalue weighted by Gasteiger charge is -1.99. The zero-order valence-corrected chi connectivity index (χ0v) is 11.1. The van der Waals surface area contributed by atoms with Crippen LogP contribution in [-0.4, -0.2) is 44.4 Å². The molecule has 0 aliphatic carbocycles. The zero-order valence-electron chi connectivity index (χ0n) is 7.14. The highest BCUT2D eigenvalue weighted by molar-refractivity contribution is 6.57. The van der Waals surface area contributed by atoms with Gasteiger partial charge in [-0.1, -0.05) is 0 Å². The van der Waals surface area contributed by atoms with E-state index in [4.69, 9.17) is 0 Å². The van der Waals surface area contributed by atoms with E-state index >= 15 is 0 Å². The van der Waals surface area contributed by atoms with E-state index in [0.717, 1.165) is 13.1 Å². The third kappa shape index (κ3) is 9.73. The van der Waals surface area contributed by atoms with Gasteiger partial charge in [-0.05, 0) is 0 Å². The molecule has 0 saturated heterocycles. The molecule has 0 bridgehead atoms. The summed E-state index contributed by atoms with van der Waals surface area (Å²) >= 11 is 0. The van der Waals surface area contributed by atoms with E-state index in [1.165, 1.54) is 0 Å². The molecule has 0 saturated carbocycles. The van der Waals surface area contributed by atoms with Gasteiger partial charge in [-0.3, -0.25) is 0 Å². The van der Waals surface area contributed by atoms with Gasteiger partial charge in [0.2, 0.25) is 0 Å². The van der Waals surface area contributed by atoms with Crippen molar-refractivity contribution in [3.63, 3.8) is 0 Å². The summed E-state index contributed by atoms with van der Waals surface area (Å²) < 4.78 is 0. The monoisotopic (exact) mass is 189 g/mol. The van der Waals surface area contributed by atoms with E-state index in [0.29, 0.717) is 44.1 Å². The molecule has 0 aromatic heterocycles. The second-order valence-electron chi connectivity index (χ2n) is 2.65. The molecule has 11 heavy (non-hydrogen) atoms. The molecule has 5 heteroatoms. The Bertz CT molecular complexity index is 134. The normalized spacial score (nSPS) is 10.2. The zero-order chi connectivity index (χ0) is 8.69. The second-order valence-corrected chi connectivity index (χ2v) is 4.88. The van der Waals surface area contributed by atoms with Crippen LogP contribution in [-0.2, 0) is 9.59 Å². The Hall–Kier alpha value is -0.266. The highest BCUT2D eigenvalue weighted by Crippen LogP contribution is 1.77. The average molecular weight is 189 g/mol. The fourth-order valence-electron chi connectivity index (χ4n) is 0.654. The van der Waals surface area contributed by atoms with E-state index < -0.39 is 0 Å². The van der Waals surface area contributed by atoms with Gasteiger partial charge in [0, 0.05) is 25.9 Å². The van der Waals surface area contributed by atoms with Crippen LogP contribution in [0.2, 0.25) is 0 Å². The Kier molecular flexibility index (Phi) is 6.29. The van der Waals surface area contributed by atoms with Crippen molar-refractivity contribution >= 4 is 31.3 Å². The maximum Gasteiger partial charge on any atom is 0.102 e. The molecule has 1 N–H and O–H groups in total. The molecule has 0 unspecified atom stereocenters. The summed E-state index contributed by atoms with van der Waals surface area (Å²) in [4.78, 5) is 21.0. The largest absolute Gasteiger partial charge is 0.316 e. The molecule has 0 amide bonds. The lowest BCUT2D eigenvalue weighted by molar-refractivity contribution is -0.112. The maximum absolute atomic E-state index is 10.5. The summed E-state index contributed by atoms with van der Waals surface area (Å²) in [6, 6.07) is 0. The van der Waals surface area contributed by atoms with Crippen LogP contribution in [0.1, 0.15) is 12.8 Å². The molecular formula is C6H15NO2Si2. The predicted octanol–water partition coefficient (Wildman–Crippen LogP) is -2.86. The van der Waals surface area contributed by atoms with Gasteiger partial charge >= 0.3 is 0 Å². The lowest BCUT2D eigenvalue weighted by Crippen LogP contribution is -2.21. The predicted molar refractivity (Wildman–Crippen MR) is 52.0 cm³/mol.